The molecule has 1 aromatic heterocycles. The first-order valence-corrected chi connectivity index (χ1v) is 10.3. The van der Waals surface area contributed by atoms with Crippen molar-refractivity contribution < 1.29 is 14.3 Å². The predicted molar refractivity (Wildman–Crippen MR) is 120 cm³/mol. The molecule has 3 rings (SSSR count). The maximum absolute atomic E-state index is 13.0. The minimum atomic E-state index is -0.678. The number of rotatable bonds is 8. The van der Waals surface area contributed by atoms with E-state index in [1.807, 2.05) is 38.1 Å². The molecule has 2 N–H and O–H groups in total. The van der Waals surface area contributed by atoms with Crippen LogP contribution in [0.4, 0.5) is 5.69 Å². The molecular weight excluding hydrogens is 378 g/mol. The highest BCUT2D eigenvalue weighted by Gasteiger charge is 2.26. The first-order chi connectivity index (χ1) is 14.4. The molecular formula is C24H29N3O3. The topological polar surface area (TPSA) is 72.4 Å². The van der Waals surface area contributed by atoms with E-state index in [1.165, 1.54) is 7.11 Å². The molecule has 2 amide bonds. The molecule has 2 aromatic carbocycles. The minimum absolute atomic E-state index is 0.0852. The zero-order valence-electron chi connectivity index (χ0n) is 17.9. The van der Waals surface area contributed by atoms with Crippen molar-refractivity contribution in [2.24, 2.45) is 5.92 Å². The van der Waals surface area contributed by atoms with Crippen LogP contribution in [0.1, 0.15) is 37.6 Å². The van der Waals surface area contributed by atoms with Gasteiger partial charge in [-0.2, -0.15) is 0 Å². The molecule has 0 saturated heterocycles. The van der Waals surface area contributed by atoms with Crippen molar-refractivity contribution in [1.29, 1.82) is 0 Å². The van der Waals surface area contributed by atoms with E-state index in [4.69, 9.17) is 4.74 Å². The first-order valence-electron chi connectivity index (χ1n) is 10.3. The Morgan fingerprint density at radius 2 is 1.87 bits per heavy atom. The largest absolute Gasteiger partial charge is 0.496 e. The number of ether oxygens (including phenoxy) is 1. The van der Waals surface area contributed by atoms with E-state index >= 15 is 0 Å². The fourth-order valence-electron chi connectivity index (χ4n) is 3.52. The molecule has 3 aromatic rings. The number of nitrogens with one attached hydrogen (secondary N) is 2. The van der Waals surface area contributed by atoms with Gasteiger partial charge in [0.2, 0.25) is 5.91 Å². The highest BCUT2D eigenvalue weighted by Crippen LogP contribution is 2.22. The summed E-state index contributed by atoms with van der Waals surface area (Å²) in [5.74, 6) is -0.202. The second-order valence-electron chi connectivity index (χ2n) is 7.67. The van der Waals surface area contributed by atoms with Gasteiger partial charge in [-0.25, -0.2) is 0 Å². The lowest BCUT2D eigenvalue weighted by atomic mass is 10.0. The summed E-state index contributed by atoms with van der Waals surface area (Å²) in [5, 5.41) is 6.87. The van der Waals surface area contributed by atoms with Crippen LogP contribution in [-0.4, -0.2) is 29.5 Å². The van der Waals surface area contributed by atoms with E-state index in [-0.39, 0.29) is 17.7 Å². The summed E-state index contributed by atoms with van der Waals surface area (Å²) in [5.41, 5.74) is 2.25. The highest BCUT2D eigenvalue weighted by molar-refractivity contribution is 6.03. The summed E-state index contributed by atoms with van der Waals surface area (Å²) < 4.78 is 7.46. The second kappa shape index (κ2) is 9.48. The number of methoxy groups -OCH3 is 1. The third-order valence-electron chi connectivity index (χ3n) is 5.09. The van der Waals surface area contributed by atoms with Gasteiger partial charge in [-0.05, 0) is 48.7 Å². The summed E-state index contributed by atoms with van der Waals surface area (Å²) >= 11 is 0. The van der Waals surface area contributed by atoms with E-state index in [0.717, 1.165) is 23.9 Å². The summed E-state index contributed by atoms with van der Waals surface area (Å²) in [7, 11) is 1.52. The number of amides is 2. The molecule has 0 fully saturated rings. The molecule has 0 saturated carbocycles. The van der Waals surface area contributed by atoms with Crippen LogP contribution < -0.4 is 15.4 Å². The van der Waals surface area contributed by atoms with Crippen LogP contribution in [0.5, 0.6) is 5.75 Å². The van der Waals surface area contributed by atoms with E-state index in [0.29, 0.717) is 17.0 Å². The van der Waals surface area contributed by atoms with Crippen molar-refractivity contribution in [1.82, 2.24) is 9.88 Å². The van der Waals surface area contributed by atoms with Crippen LogP contribution in [0.3, 0.4) is 0 Å². The van der Waals surface area contributed by atoms with Gasteiger partial charge in [0.05, 0.1) is 12.7 Å². The molecule has 158 valence electrons. The van der Waals surface area contributed by atoms with Crippen LogP contribution in [0.15, 0.2) is 54.7 Å². The Bertz CT molecular complexity index is 1040. The average Bonchev–Trinajstić information content (AvgIpc) is 3.13. The van der Waals surface area contributed by atoms with Crippen LogP contribution in [0.25, 0.3) is 10.9 Å². The lowest BCUT2D eigenvalue weighted by Gasteiger charge is -2.22. The Labute approximate surface area is 177 Å². The van der Waals surface area contributed by atoms with Crippen LogP contribution >= 0.6 is 0 Å². The standard InChI is InChI=1S/C24H29N3O3/c1-5-13-27-14-12-17-15-18(10-11-20(17)27)25-24(29)22(16(2)3)26-23(28)19-8-6-7-9-21(19)30-4/h6-12,14-16,22H,5,13H2,1-4H3,(H,25,29)(H,26,28). The summed E-state index contributed by atoms with van der Waals surface area (Å²) in [6, 6.07) is 14.2. The molecule has 0 aliphatic carbocycles. The van der Waals surface area contributed by atoms with Crippen LogP contribution in [-0.2, 0) is 11.3 Å². The first kappa shape index (κ1) is 21.4. The highest BCUT2D eigenvalue weighted by atomic mass is 16.5. The molecule has 1 heterocycles. The number of benzene rings is 2. The number of aryl methyl sites for hydroxylation is 1. The van der Waals surface area contributed by atoms with Gasteiger partial charge in [0.1, 0.15) is 11.8 Å². The molecule has 1 unspecified atom stereocenters. The monoisotopic (exact) mass is 407 g/mol. The maximum Gasteiger partial charge on any atom is 0.255 e. The molecule has 0 radical (unpaired) electrons. The number of hydrogen-bond acceptors (Lipinski definition) is 3. The van der Waals surface area contributed by atoms with Gasteiger partial charge in [-0.15, -0.1) is 0 Å². The molecule has 0 bridgehead atoms. The van der Waals surface area contributed by atoms with Gasteiger partial charge < -0.3 is 19.9 Å². The quantitative estimate of drug-likeness (QED) is 0.579. The van der Waals surface area contributed by atoms with Crippen LogP contribution in [0.2, 0.25) is 0 Å². The number of fused-ring (bicyclic) bond motifs is 1. The number of carbonyl (C=O) groups is 2. The van der Waals surface area contributed by atoms with E-state index in [9.17, 15) is 9.59 Å². The molecule has 0 spiro atoms. The SMILES string of the molecule is CCCn1ccc2cc(NC(=O)C(NC(=O)c3ccccc3OC)C(C)C)ccc21. The Morgan fingerprint density at radius 3 is 2.57 bits per heavy atom. The lowest BCUT2D eigenvalue weighted by Crippen LogP contribution is -2.47. The number of nitrogens with zero attached hydrogens (tertiary/aromatic N) is 1. The third kappa shape index (κ3) is 4.64. The van der Waals surface area contributed by atoms with Crippen molar-refractivity contribution in [3.8, 4) is 5.75 Å². The number of anilines is 1. The van der Waals surface area contributed by atoms with Crippen LogP contribution in [0, 0.1) is 5.92 Å². The third-order valence-corrected chi connectivity index (χ3v) is 5.09. The molecule has 1 atom stereocenters. The molecule has 0 aliphatic heterocycles. The smallest absolute Gasteiger partial charge is 0.255 e. The number of carbonyl (C=O) groups excluding carboxylic acids is 2. The van der Waals surface area contributed by atoms with Gasteiger partial charge in [0.15, 0.2) is 0 Å². The number of hydrogen-bond donors (Lipinski definition) is 2. The lowest BCUT2D eigenvalue weighted by molar-refractivity contribution is -0.118. The Balaban J connectivity index is 1.75. The molecule has 0 aliphatic rings. The van der Waals surface area contributed by atoms with Gasteiger partial charge >= 0.3 is 0 Å². The van der Waals surface area contributed by atoms with Crippen molar-refractivity contribution in [2.45, 2.75) is 39.8 Å². The van der Waals surface area contributed by atoms with Gasteiger partial charge in [-0.1, -0.05) is 32.9 Å². The minimum Gasteiger partial charge on any atom is -0.496 e. The van der Waals surface area contributed by atoms with Crippen molar-refractivity contribution in [2.75, 3.05) is 12.4 Å². The Kier molecular flexibility index (Phi) is 6.77. The molecule has 30 heavy (non-hydrogen) atoms. The summed E-state index contributed by atoms with van der Waals surface area (Å²) in [6.07, 6.45) is 3.12. The van der Waals surface area contributed by atoms with E-state index in [2.05, 4.69) is 28.3 Å². The Morgan fingerprint density at radius 1 is 1.10 bits per heavy atom. The zero-order chi connectivity index (χ0) is 21.7. The summed E-state index contributed by atoms with van der Waals surface area (Å²) in [6.45, 7) is 6.91. The van der Waals surface area contributed by atoms with Crippen molar-refractivity contribution in [3.63, 3.8) is 0 Å². The van der Waals surface area contributed by atoms with Gasteiger partial charge in [0, 0.05) is 29.3 Å². The summed E-state index contributed by atoms with van der Waals surface area (Å²) in [4.78, 5) is 25.7. The Hall–Kier alpha value is -3.28. The van der Waals surface area contributed by atoms with E-state index in [1.54, 1.807) is 24.3 Å². The van der Waals surface area contributed by atoms with Crippen molar-refractivity contribution >= 4 is 28.4 Å². The average molecular weight is 408 g/mol. The number of aromatic nitrogens is 1. The predicted octanol–water partition coefficient (Wildman–Crippen LogP) is 4.45. The normalized spacial score (nSPS) is 12.0. The number of para-hydroxylation sites is 1. The van der Waals surface area contributed by atoms with E-state index < -0.39 is 6.04 Å². The van der Waals surface area contributed by atoms with Gasteiger partial charge in [-0.3, -0.25) is 9.59 Å². The fourth-order valence-corrected chi connectivity index (χ4v) is 3.52. The maximum atomic E-state index is 13.0. The van der Waals surface area contributed by atoms with Crippen molar-refractivity contribution in [3.05, 3.63) is 60.3 Å². The zero-order valence-corrected chi connectivity index (χ0v) is 17.9. The fraction of sp³-hybridized carbons (Fsp3) is 0.333. The van der Waals surface area contributed by atoms with Gasteiger partial charge in [0.25, 0.3) is 5.91 Å². The molecule has 6 nitrogen and oxygen atoms in total. The second-order valence-corrected chi connectivity index (χ2v) is 7.67. The molecule has 6 heteroatoms.